The molecule has 0 aliphatic heterocycles. The maximum atomic E-state index is 13.1. The molecule has 1 aliphatic carbocycles. The number of para-hydroxylation sites is 1. The lowest BCUT2D eigenvalue weighted by Crippen LogP contribution is -2.34. The summed E-state index contributed by atoms with van der Waals surface area (Å²) in [6.45, 7) is 0. The maximum absolute atomic E-state index is 13.1. The van der Waals surface area contributed by atoms with Crippen LogP contribution in [-0.4, -0.2) is 32.6 Å². The van der Waals surface area contributed by atoms with Crippen molar-refractivity contribution in [1.29, 1.82) is 0 Å². The molecule has 3 aromatic rings. The van der Waals surface area contributed by atoms with Crippen molar-refractivity contribution in [3.8, 4) is 5.75 Å². The molecule has 3 N–H and O–H groups in total. The van der Waals surface area contributed by atoms with Crippen LogP contribution in [0.25, 0.3) is 0 Å². The Hall–Kier alpha value is -3.36. The van der Waals surface area contributed by atoms with Gasteiger partial charge in [-0.1, -0.05) is 42.5 Å². The first kappa shape index (κ1) is 20.9. The first-order chi connectivity index (χ1) is 14.9. The van der Waals surface area contributed by atoms with Crippen molar-refractivity contribution < 1.29 is 23.1 Å². The third kappa shape index (κ3) is 4.26. The van der Waals surface area contributed by atoms with Gasteiger partial charge < -0.3 is 15.2 Å². The number of rotatable bonds is 6. The zero-order valence-electron chi connectivity index (χ0n) is 16.8. The fourth-order valence-corrected chi connectivity index (χ4v) is 4.80. The molecule has 0 saturated heterocycles. The van der Waals surface area contributed by atoms with Gasteiger partial charge in [0.05, 0.1) is 29.7 Å². The van der Waals surface area contributed by atoms with E-state index in [1.165, 1.54) is 25.3 Å². The quantitative estimate of drug-likeness (QED) is 0.549. The third-order valence-electron chi connectivity index (χ3n) is 5.24. The normalized spacial score (nSPS) is 17.6. The molecular formula is C23H22N2O5S. The number of hydrogen-bond donors (Lipinski definition) is 3. The number of aliphatic hydroxyl groups excluding tert-OH is 1. The predicted molar refractivity (Wildman–Crippen MR) is 117 cm³/mol. The molecule has 1 aliphatic rings. The zero-order chi connectivity index (χ0) is 22.0. The fourth-order valence-electron chi connectivity index (χ4n) is 3.72. The largest absolute Gasteiger partial charge is 0.496 e. The van der Waals surface area contributed by atoms with Crippen LogP contribution in [0, 0.1) is 0 Å². The molecule has 0 heterocycles. The van der Waals surface area contributed by atoms with Crippen molar-refractivity contribution in [2.75, 3.05) is 11.8 Å². The van der Waals surface area contributed by atoms with E-state index in [9.17, 15) is 18.3 Å². The lowest BCUT2D eigenvalue weighted by atomic mass is 10.1. The molecule has 2 atom stereocenters. The van der Waals surface area contributed by atoms with E-state index in [0.717, 1.165) is 11.1 Å². The highest BCUT2D eigenvalue weighted by Gasteiger charge is 2.33. The van der Waals surface area contributed by atoms with E-state index in [4.69, 9.17) is 4.74 Å². The fraction of sp³-hybridized carbons (Fsp3) is 0.174. The molecule has 0 saturated carbocycles. The number of ether oxygens (including phenoxy) is 1. The standard InChI is InChI=1S/C23H22N2O5S/c1-30-21-12-11-17(31(28,29)25-16-8-3-2-4-9-16)14-19(21)23(27)24-22-18-10-6-5-7-15(18)13-20(22)26/h2-12,14,20,22,25-26H,13H2,1H3,(H,24,27)/t20-,22+/m1/s1. The molecular weight excluding hydrogens is 416 g/mol. The topological polar surface area (TPSA) is 105 Å². The second kappa shape index (κ2) is 8.41. The number of aliphatic hydroxyl groups is 1. The molecule has 0 bridgehead atoms. The zero-order valence-corrected chi connectivity index (χ0v) is 17.6. The van der Waals surface area contributed by atoms with Crippen LogP contribution >= 0.6 is 0 Å². The van der Waals surface area contributed by atoms with Crippen molar-refractivity contribution >= 4 is 21.6 Å². The Balaban J connectivity index is 1.63. The van der Waals surface area contributed by atoms with E-state index in [0.29, 0.717) is 12.1 Å². The van der Waals surface area contributed by atoms with Crippen molar-refractivity contribution in [2.45, 2.75) is 23.5 Å². The van der Waals surface area contributed by atoms with Gasteiger partial charge in [0, 0.05) is 12.1 Å². The molecule has 160 valence electrons. The average Bonchev–Trinajstić information content (AvgIpc) is 3.08. The number of benzene rings is 3. The Morgan fingerprint density at radius 1 is 1.03 bits per heavy atom. The highest BCUT2D eigenvalue weighted by Crippen LogP contribution is 2.32. The summed E-state index contributed by atoms with van der Waals surface area (Å²) in [7, 11) is -2.51. The molecule has 3 aromatic carbocycles. The molecule has 0 aromatic heterocycles. The minimum Gasteiger partial charge on any atom is -0.496 e. The molecule has 1 amide bonds. The highest BCUT2D eigenvalue weighted by atomic mass is 32.2. The van der Waals surface area contributed by atoms with Crippen LogP contribution in [0.5, 0.6) is 5.75 Å². The van der Waals surface area contributed by atoms with Crippen LogP contribution < -0.4 is 14.8 Å². The number of methoxy groups -OCH3 is 1. The van der Waals surface area contributed by atoms with Crippen molar-refractivity contribution in [2.24, 2.45) is 0 Å². The molecule has 0 unspecified atom stereocenters. The molecule has 0 fully saturated rings. The van der Waals surface area contributed by atoms with E-state index in [-0.39, 0.29) is 16.2 Å². The molecule has 8 heteroatoms. The van der Waals surface area contributed by atoms with Gasteiger partial charge in [-0.2, -0.15) is 0 Å². The second-order valence-corrected chi connectivity index (χ2v) is 8.94. The van der Waals surface area contributed by atoms with Gasteiger partial charge in [0.2, 0.25) is 0 Å². The number of anilines is 1. The van der Waals surface area contributed by atoms with E-state index in [2.05, 4.69) is 10.0 Å². The number of carbonyl (C=O) groups excluding carboxylic acids is 1. The van der Waals surface area contributed by atoms with Gasteiger partial charge in [-0.15, -0.1) is 0 Å². The van der Waals surface area contributed by atoms with E-state index in [1.807, 2.05) is 24.3 Å². The Kier molecular flexibility index (Phi) is 5.67. The van der Waals surface area contributed by atoms with E-state index in [1.54, 1.807) is 30.3 Å². The summed E-state index contributed by atoms with van der Waals surface area (Å²) in [5.41, 5.74) is 2.29. The number of sulfonamides is 1. The Morgan fingerprint density at radius 2 is 1.74 bits per heavy atom. The average molecular weight is 439 g/mol. The summed E-state index contributed by atoms with van der Waals surface area (Å²) in [4.78, 5) is 13.0. The van der Waals surface area contributed by atoms with Gasteiger partial charge >= 0.3 is 0 Å². The number of amides is 1. The molecule has 31 heavy (non-hydrogen) atoms. The first-order valence-electron chi connectivity index (χ1n) is 9.71. The SMILES string of the molecule is COc1ccc(S(=O)(=O)Nc2ccccc2)cc1C(=O)N[C@H]1c2ccccc2C[C@H]1O. The summed E-state index contributed by atoms with van der Waals surface area (Å²) in [5.74, 6) is -0.300. The van der Waals surface area contributed by atoms with Crippen LogP contribution in [0.15, 0.2) is 77.7 Å². The van der Waals surface area contributed by atoms with Crippen LogP contribution in [-0.2, 0) is 16.4 Å². The Labute approximate surface area is 180 Å². The molecule has 0 spiro atoms. The van der Waals surface area contributed by atoms with Crippen LogP contribution in [0.3, 0.4) is 0 Å². The van der Waals surface area contributed by atoms with Crippen molar-refractivity contribution in [3.05, 3.63) is 89.5 Å². The molecule has 7 nitrogen and oxygen atoms in total. The second-order valence-electron chi connectivity index (χ2n) is 7.26. The van der Waals surface area contributed by atoms with Gasteiger partial charge in [0.15, 0.2) is 0 Å². The summed E-state index contributed by atoms with van der Waals surface area (Å²) in [6, 6.07) is 19.5. The smallest absolute Gasteiger partial charge is 0.261 e. The lowest BCUT2D eigenvalue weighted by molar-refractivity contribution is 0.0855. The summed E-state index contributed by atoms with van der Waals surface area (Å²) >= 11 is 0. The van der Waals surface area contributed by atoms with Crippen LogP contribution in [0.2, 0.25) is 0 Å². The highest BCUT2D eigenvalue weighted by molar-refractivity contribution is 7.92. The minimum absolute atomic E-state index is 0.0648. The van der Waals surface area contributed by atoms with Gasteiger partial charge in [0.25, 0.3) is 15.9 Å². The molecule has 4 rings (SSSR count). The molecule has 0 radical (unpaired) electrons. The maximum Gasteiger partial charge on any atom is 0.261 e. The van der Waals surface area contributed by atoms with Gasteiger partial charge in [0.1, 0.15) is 5.75 Å². The number of hydrogen-bond acceptors (Lipinski definition) is 5. The van der Waals surface area contributed by atoms with Gasteiger partial charge in [-0.05, 0) is 41.5 Å². The van der Waals surface area contributed by atoms with Crippen LogP contribution in [0.4, 0.5) is 5.69 Å². The summed E-state index contributed by atoms with van der Waals surface area (Å²) < 4.78 is 33.4. The van der Waals surface area contributed by atoms with Gasteiger partial charge in [-0.3, -0.25) is 9.52 Å². The van der Waals surface area contributed by atoms with E-state index >= 15 is 0 Å². The number of carbonyl (C=O) groups is 1. The lowest BCUT2D eigenvalue weighted by Gasteiger charge is -2.19. The van der Waals surface area contributed by atoms with Crippen molar-refractivity contribution in [3.63, 3.8) is 0 Å². The predicted octanol–water partition coefficient (Wildman–Crippen LogP) is 2.88. The number of nitrogens with one attached hydrogen (secondary N) is 2. The van der Waals surface area contributed by atoms with Gasteiger partial charge in [-0.25, -0.2) is 8.42 Å². The van der Waals surface area contributed by atoms with Crippen LogP contribution in [0.1, 0.15) is 27.5 Å². The summed E-state index contributed by atoms with van der Waals surface area (Å²) in [5, 5.41) is 13.2. The minimum atomic E-state index is -3.92. The number of fused-ring (bicyclic) bond motifs is 1. The Morgan fingerprint density at radius 3 is 2.48 bits per heavy atom. The Bertz CT molecular complexity index is 1210. The first-order valence-corrected chi connectivity index (χ1v) is 11.2. The monoisotopic (exact) mass is 438 g/mol. The van der Waals surface area contributed by atoms with E-state index < -0.39 is 28.1 Å². The summed E-state index contributed by atoms with van der Waals surface area (Å²) in [6.07, 6.45) is -0.327. The third-order valence-corrected chi connectivity index (χ3v) is 6.62. The van der Waals surface area contributed by atoms with Crippen molar-refractivity contribution in [1.82, 2.24) is 5.32 Å².